The summed E-state index contributed by atoms with van der Waals surface area (Å²) in [5.74, 6) is 0. The van der Waals surface area contributed by atoms with Gasteiger partial charge < -0.3 is 97.9 Å². The van der Waals surface area contributed by atoms with Gasteiger partial charge in [0, 0.05) is 18.6 Å². The maximum atomic E-state index is 11.1. The predicted octanol–water partition coefficient (Wildman–Crippen LogP) is -8.86. The van der Waals surface area contributed by atoms with Crippen LogP contribution in [0.25, 0.3) is 0 Å². The van der Waals surface area contributed by atoms with Gasteiger partial charge in [0.1, 0.15) is 67.1 Å². The average molecular weight is 616 g/mol. The van der Waals surface area contributed by atoms with Crippen molar-refractivity contribution in [3.8, 4) is 0 Å². The Morgan fingerprint density at radius 3 is 1.55 bits per heavy atom. The van der Waals surface area contributed by atoms with Gasteiger partial charge in [-0.2, -0.15) is 0 Å². The van der Waals surface area contributed by atoms with Crippen molar-refractivity contribution in [2.45, 2.75) is 123 Å². The van der Waals surface area contributed by atoms with Crippen LogP contribution in [-0.4, -0.2) is 177 Å². The van der Waals surface area contributed by atoms with Gasteiger partial charge in [0.05, 0.1) is 31.4 Å². The van der Waals surface area contributed by atoms with Crippen molar-refractivity contribution in [3.63, 3.8) is 0 Å². The summed E-state index contributed by atoms with van der Waals surface area (Å²) >= 11 is 0. The van der Waals surface area contributed by atoms with Gasteiger partial charge in [-0.25, -0.2) is 0 Å². The van der Waals surface area contributed by atoms with E-state index in [1.807, 2.05) is 0 Å². The Morgan fingerprint density at radius 2 is 1.00 bits per heavy atom. The van der Waals surface area contributed by atoms with E-state index in [1.54, 1.807) is 0 Å². The monoisotopic (exact) mass is 615 g/mol. The molecular weight excluding hydrogens is 570 g/mol. The smallest absolute Gasteiger partial charge is 0.187 e. The molecule has 0 bridgehead atoms. The number of nitrogens with two attached hydrogens (primary N) is 5. The standard InChI is InChI=1S/C23H45N5O14/c24-2-7-13(32)15(34)10(27)21(37-7)41-19-9(4-30)39-23(17(19)36)42-20-12(31)5(25)1-6(26)18(20)40-22-11(28)16(35)14(33)8(3-29)38-22/h5-23,29-36H,1-4,24-28H2/t5-,6+,7+,8-,9-,10-,11+,12-,13+,14+,15+,16-,17+,18+,19+,20-,21-,22+,23+/m1/s1. The van der Waals surface area contributed by atoms with Crippen molar-refractivity contribution in [2.24, 2.45) is 28.7 Å². The van der Waals surface area contributed by atoms with E-state index in [1.165, 1.54) is 0 Å². The largest absolute Gasteiger partial charge is 0.394 e. The summed E-state index contributed by atoms with van der Waals surface area (Å²) in [7, 11) is 0. The highest BCUT2D eigenvalue weighted by molar-refractivity contribution is 5.02. The lowest BCUT2D eigenvalue weighted by Gasteiger charge is -2.47. The van der Waals surface area contributed by atoms with Crippen molar-refractivity contribution >= 4 is 0 Å². The number of hydrogen-bond acceptors (Lipinski definition) is 19. The highest BCUT2D eigenvalue weighted by Crippen LogP contribution is 2.34. The van der Waals surface area contributed by atoms with Gasteiger partial charge in [0.2, 0.25) is 0 Å². The van der Waals surface area contributed by atoms with Crippen LogP contribution in [0.4, 0.5) is 0 Å². The number of aliphatic hydroxyl groups excluding tert-OH is 8. The molecule has 4 fully saturated rings. The molecule has 0 aromatic rings. The summed E-state index contributed by atoms with van der Waals surface area (Å²) in [4.78, 5) is 0. The second kappa shape index (κ2) is 14.1. The molecule has 0 amide bonds. The fraction of sp³-hybridized carbons (Fsp3) is 1.00. The lowest BCUT2D eigenvalue weighted by atomic mass is 9.84. The third-order valence-electron chi connectivity index (χ3n) is 8.32. The predicted molar refractivity (Wildman–Crippen MR) is 136 cm³/mol. The Labute approximate surface area is 240 Å². The van der Waals surface area contributed by atoms with E-state index in [0.717, 1.165) is 0 Å². The summed E-state index contributed by atoms with van der Waals surface area (Å²) < 4.78 is 34.4. The van der Waals surface area contributed by atoms with Crippen LogP contribution < -0.4 is 28.7 Å². The maximum Gasteiger partial charge on any atom is 0.187 e. The summed E-state index contributed by atoms with van der Waals surface area (Å²) in [5.41, 5.74) is 29.9. The van der Waals surface area contributed by atoms with Crippen LogP contribution in [0.3, 0.4) is 0 Å². The first-order chi connectivity index (χ1) is 19.8. The van der Waals surface area contributed by atoms with E-state index in [2.05, 4.69) is 0 Å². The van der Waals surface area contributed by atoms with Crippen molar-refractivity contribution < 1.29 is 69.3 Å². The third kappa shape index (κ3) is 6.60. The quantitative estimate of drug-likeness (QED) is 0.114. The van der Waals surface area contributed by atoms with Crippen LogP contribution in [0.1, 0.15) is 6.42 Å². The van der Waals surface area contributed by atoms with Crippen molar-refractivity contribution in [1.29, 1.82) is 0 Å². The molecule has 0 aromatic heterocycles. The maximum absolute atomic E-state index is 11.1. The highest BCUT2D eigenvalue weighted by atomic mass is 16.8. The Morgan fingerprint density at radius 1 is 0.524 bits per heavy atom. The van der Waals surface area contributed by atoms with Gasteiger partial charge in [-0.15, -0.1) is 0 Å². The van der Waals surface area contributed by atoms with E-state index in [4.69, 9.17) is 57.1 Å². The summed E-state index contributed by atoms with van der Waals surface area (Å²) in [5, 5.41) is 82.3. The Kier molecular flexibility index (Phi) is 11.5. The molecule has 1 aliphatic carbocycles. The minimum absolute atomic E-state index is 0.0642. The molecule has 3 aliphatic heterocycles. The van der Waals surface area contributed by atoms with Crippen LogP contribution >= 0.6 is 0 Å². The number of aliphatic hydroxyl groups is 8. The van der Waals surface area contributed by atoms with Crippen LogP contribution in [0.2, 0.25) is 0 Å². The molecule has 19 atom stereocenters. The molecule has 18 N–H and O–H groups in total. The minimum Gasteiger partial charge on any atom is -0.394 e. The van der Waals surface area contributed by atoms with Gasteiger partial charge >= 0.3 is 0 Å². The van der Waals surface area contributed by atoms with Crippen molar-refractivity contribution in [2.75, 3.05) is 19.8 Å². The van der Waals surface area contributed by atoms with E-state index in [-0.39, 0.29) is 13.0 Å². The molecular formula is C23H45N5O14. The second-order valence-electron chi connectivity index (χ2n) is 11.2. The minimum atomic E-state index is -1.62. The lowest BCUT2D eigenvalue weighted by Crippen LogP contribution is -2.68. The Balaban J connectivity index is 1.50. The van der Waals surface area contributed by atoms with E-state index in [9.17, 15) is 40.9 Å². The van der Waals surface area contributed by atoms with E-state index >= 15 is 0 Å². The first-order valence-corrected chi connectivity index (χ1v) is 13.8. The molecule has 0 unspecified atom stereocenters. The van der Waals surface area contributed by atoms with Gasteiger partial charge in [0.15, 0.2) is 18.9 Å². The van der Waals surface area contributed by atoms with Crippen LogP contribution in [0, 0.1) is 0 Å². The summed E-state index contributed by atoms with van der Waals surface area (Å²) in [6.45, 7) is -1.49. The van der Waals surface area contributed by atoms with Gasteiger partial charge in [-0.3, -0.25) is 0 Å². The van der Waals surface area contributed by atoms with E-state index in [0.29, 0.717) is 0 Å². The molecule has 246 valence electrons. The second-order valence-corrected chi connectivity index (χ2v) is 11.2. The van der Waals surface area contributed by atoms with Gasteiger partial charge in [-0.05, 0) is 6.42 Å². The SMILES string of the molecule is NC[C@@H]1O[C@H](O[C@@H]2[C@H](O)[C@H](O[C@@H]3[C@H](O)[C@H](N)C[C@H](N)[C@@H]3O[C@@H]3O[C@H](CO)[C@H](O)[C@H](O)[C@@H]3N)O[C@@H]2CO)[C@H](N)[C@H](O)[C@H]1O. The van der Waals surface area contributed by atoms with E-state index < -0.39 is 129 Å². The molecule has 0 spiro atoms. The summed E-state index contributed by atoms with van der Waals surface area (Å²) in [6, 6.07) is -4.30. The van der Waals surface area contributed by atoms with Gasteiger partial charge in [0.25, 0.3) is 0 Å². The molecule has 4 aliphatic rings. The average Bonchev–Trinajstić information content (AvgIpc) is 3.27. The molecule has 19 nitrogen and oxygen atoms in total. The molecule has 3 saturated heterocycles. The van der Waals surface area contributed by atoms with Crippen LogP contribution in [-0.2, 0) is 28.4 Å². The normalized spacial score (nSPS) is 53.8. The Bertz CT molecular complexity index is 866. The molecule has 1 saturated carbocycles. The first kappa shape index (κ1) is 34.1. The van der Waals surface area contributed by atoms with Crippen LogP contribution in [0.5, 0.6) is 0 Å². The van der Waals surface area contributed by atoms with Gasteiger partial charge in [-0.1, -0.05) is 0 Å². The molecule has 4 rings (SSSR count). The molecule has 0 radical (unpaired) electrons. The van der Waals surface area contributed by atoms with Crippen molar-refractivity contribution in [1.82, 2.24) is 0 Å². The van der Waals surface area contributed by atoms with Crippen molar-refractivity contribution in [3.05, 3.63) is 0 Å². The summed E-state index contributed by atoms with van der Waals surface area (Å²) in [6.07, 6.45) is -20.5. The molecule has 0 aromatic carbocycles. The third-order valence-corrected chi connectivity index (χ3v) is 8.32. The zero-order chi connectivity index (χ0) is 31.0. The lowest BCUT2D eigenvalue weighted by molar-refractivity contribution is -0.310. The Hall–Kier alpha value is -0.760. The number of hydrogen-bond donors (Lipinski definition) is 13. The zero-order valence-corrected chi connectivity index (χ0v) is 22.7. The van der Waals surface area contributed by atoms with Crippen LogP contribution in [0.15, 0.2) is 0 Å². The highest BCUT2D eigenvalue weighted by Gasteiger charge is 2.54. The fourth-order valence-electron chi connectivity index (χ4n) is 5.70. The molecule has 3 heterocycles. The topological polar surface area (TPSA) is 347 Å². The first-order valence-electron chi connectivity index (χ1n) is 13.8. The fourth-order valence-corrected chi connectivity index (χ4v) is 5.70. The molecule has 19 heteroatoms. The zero-order valence-electron chi connectivity index (χ0n) is 22.7. The number of ether oxygens (including phenoxy) is 6. The number of rotatable bonds is 9. The molecule has 42 heavy (non-hydrogen) atoms.